The molecular formula is C23H15Cl2N. The van der Waals surface area contributed by atoms with Crippen molar-refractivity contribution in [2.24, 2.45) is 0 Å². The molecule has 0 saturated heterocycles. The van der Waals surface area contributed by atoms with Crippen LogP contribution in [0.5, 0.6) is 0 Å². The summed E-state index contributed by atoms with van der Waals surface area (Å²) in [6, 6.07) is 28.1. The Hall–Kier alpha value is -2.61. The molecule has 0 aliphatic carbocycles. The normalized spacial score (nSPS) is 10.7. The Kier molecular flexibility index (Phi) is 4.75. The number of rotatable bonds is 3. The van der Waals surface area contributed by atoms with Crippen LogP contribution in [0.15, 0.2) is 91.1 Å². The molecule has 0 amide bonds. The Labute approximate surface area is 162 Å². The van der Waals surface area contributed by atoms with Gasteiger partial charge < -0.3 is 0 Å². The smallest absolute Gasteiger partial charge is 0.0795 e. The van der Waals surface area contributed by atoms with Crippen molar-refractivity contribution in [3.8, 4) is 33.5 Å². The van der Waals surface area contributed by atoms with E-state index in [1.165, 1.54) is 0 Å². The number of pyridine rings is 1. The second-order valence-corrected chi connectivity index (χ2v) is 6.82. The summed E-state index contributed by atoms with van der Waals surface area (Å²) in [7, 11) is 0. The summed E-state index contributed by atoms with van der Waals surface area (Å²) >= 11 is 12.5. The highest BCUT2D eigenvalue weighted by Gasteiger charge is 2.14. The van der Waals surface area contributed by atoms with Crippen LogP contribution < -0.4 is 0 Å². The highest BCUT2D eigenvalue weighted by atomic mass is 35.5. The first kappa shape index (κ1) is 16.8. The molecule has 26 heavy (non-hydrogen) atoms. The summed E-state index contributed by atoms with van der Waals surface area (Å²) in [6.45, 7) is 0. The summed E-state index contributed by atoms with van der Waals surface area (Å²) < 4.78 is 0. The van der Waals surface area contributed by atoms with Crippen LogP contribution in [-0.4, -0.2) is 4.98 Å². The van der Waals surface area contributed by atoms with Crippen LogP contribution >= 0.6 is 23.2 Å². The van der Waals surface area contributed by atoms with Gasteiger partial charge in [0.05, 0.1) is 10.7 Å². The van der Waals surface area contributed by atoms with Gasteiger partial charge in [-0.25, -0.2) is 0 Å². The molecule has 0 aliphatic rings. The first-order valence-electron chi connectivity index (χ1n) is 8.29. The van der Waals surface area contributed by atoms with Crippen LogP contribution in [0.2, 0.25) is 10.0 Å². The number of aromatic nitrogens is 1. The Bertz CT molecular complexity index is 1040. The predicted octanol–water partition coefficient (Wildman–Crippen LogP) is 7.39. The average molecular weight is 376 g/mol. The Morgan fingerprint density at radius 3 is 1.88 bits per heavy atom. The van der Waals surface area contributed by atoms with Crippen LogP contribution in [0, 0.1) is 0 Å². The van der Waals surface area contributed by atoms with E-state index in [0.717, 1.165) is 33.5 Å². The molecule has 1 aromatic heterocycles. The molecular weight excluding hydrogens is 361 g/mol. The third-order valence-electron chi connectivity index (χ3n) is 4.27. The highest BCUT2D eigenvalue weighted by molar-refractivity contribution is 6.36. The molecule has 0 saturated carbocycles. The maximum atomic E-state index is 6.46. The SMILES string of the molecule is Clc1ccc(-c2ncc(-c3ccccc3)cc2-c2ccccc2)c(Cl)c1. The highest BCUT2D eigenvalue weighted by Crippen LogP contribution is 2.37. The lowest BCUT2D eigenvalue weighted by Gasteiger charge is -2.13. The van der Waals surface area contributed by atoms with Crippen molar-refractivity contribution in [3.05, 3.63) is 101 Å². The molecule has 3 aromatic carbocycles. The van der Waals surface area contributed by atoms with E-state index in [9.17, 15) is 0 Å². The van der Waals surface area contributed by atoms with Gasteiger partial charge in [0.2, 0.25) is 0 Å². The Balaban J connectivity index is 1.94. The number of nitrogens with zero attached hydrogens (tertiary/aromatic N) is 1. The van der Waals surface area contributed by atoms with Gasteiger partial charge in [0.15, 0.2) is 0 Å². The maximum absolute atomic E-state index is 6.46. The fraction of sp³-hybridized carbons (Fsp3) is 0. The van der Waals surface area contributed by atoms with E-state index in [1.807, 2.05) is 54.7 Å². The predicted molar refractivity (Wildman–Crippen MR) is 111 cm³/mol. The number of halogens is 2. The fourth-order valence-corrected chi connectivity index (χ4v) is 3.49. The van der Waals surface area contributed by atoms with Crippen molar-refractivity contribution in [2.45, 2.75) is 0 Å². The number of hydrogen-bond acceptors (Lipinski definition) is 1. The van der Waals surface area contributed by atoms with E-state index in [2.05, 4.69) is 30.3 Å². The molecule has 0 atom stereocenters. The van der Waals surface area contributed by atoms with Gasteiger partial charge in [-0.15, -0.1) is 0 Å². The van der Waals surface area contributed by atoms with E-state index in [4.69, 9.17) is 28.2 Å². The van der Waals surface area contributed by atoms with Crippen LogP contribution in [0.25, 0.3) is 33.5 Å². The number of hydrogen-bond donors (Lipinski definition) is 0. The van der Waals surface area contributed by atoms with Gasteiger partial charge in [-0.1, -0.05) is 83.9 Å². The first-order valence-corrected chi connectivity index (χ1v) is 9.04. The molecule has 0 bridgehead atoms. The van der Waals surface area contributed by atoms with Crippen LogP contribution in [-0.2, 0) is 0 Å². The molecule has 4 rings (SSSR count). The summed E-state index contributed by atoms with van der Waals surface area (Å²) in [4.78, 5) is 4.76. The molecule has 0 N–H and O–H groups in total. The minimum Gasteiger partial charge on any atom is -0.255 e. The Morgan fingerprint density at radius 1 is 0.577 bits per heavy atom. The molecule has 1 heterocycles. The zero-order valence-corrected chi connectivity index (χ0v) is 15.4. The van der Waals surface area contributed by atoms with Crippen LogP contribution in [0.3, 0.4) is 0 Å². The lowest BCUT2D eigenvalue weighted by molar-refractivity contribution is 1.32. The third-order valence-corrected chi connectivity index (χ3v) is 4.81. The fourth-order valence-electron chi connectivity index (χ4n) is 2.99. The molecule has 4 aromatic rings. The minimum absolute atomic E-state index is 0.592. The summed E-state index contributed by atoms with van der Waals surface area (Å²) in [5, 5.41) is 1.20. The molecule has 0 unspecified atom stereocenters. The quantitative estimate of drug-likeness (QED) is 0.363. The molecule has 0 aliphatic heterocycles. The van der Waals surface area contributed by atoms with E-state index >= 15 is 0 Å². The van der Waals surface area contributed by atoms with E-state index in [-0.39, 0.29) is 0 Å². The van der Waals surface area contributed by atoms with Gasteiger partial charge in [0, 0.05) is 27.9 Å². The Morgan fingerprint density at radius 2 is 1.23 bits per heavy atom. The van der Waals surface area contributed by atoms with Crippen LogP contribution in [0.1, 0.15) is 0 Å². The van der Waals surface area contributed by atoms with Crippen molar-refractivity contribution in [2.75, 3.05) is 0 Å². The van der Waals surface area contributed by atoms with Gasteiger partial charge in [0.25, 0.3) is 0 Å². The van der Waals surface area contributed by atoms with E-state index < -0.39 is 0 Å². The zero-order chi connectivity index (χ0) is 17.9. The van der Waals surface area contributed by atoms with Gasteiger partial charge in [-0.2, -0.15) is 0 Å². The lowest BCUT2D eigenvalue weighted by atomic mass is 9.96. The van der Waals surface area contributed by atoms with Crippen molar-refractivity contribution in [1.29, 1.82) is 0 Å². The minimum atomic E-state index is 0.592. The lowest BCUT2D eigenvalue weighted by Crippen LogP contribution is -1.92. The van der Waals surface area contributed by atoms with E-state index in [1.54, 1.807) is 6.07 Å². The summed E-state index contributed by atoms with van der Waals surface area (Å²) in [6.07, 6.45) is 1.89. The molecule has 0 radical (unpaired) electrons. The van der Waals surface area contributed by atoms with Crippen LogP contribution in [0.4, 0.5) is 0 Å². The molecule has 0 spiro atoms. The molecule has 1 nitrogen and oxygen atoms in total. The monoisotopic (exact) mass is 375 g/mol. The molecule has 0 fully saturated rings. The standard InChI is InChI=1S/C23H15Cl2N/c24-19-11-12-20(22(25)14-19)23-21(17-9-5-2-6-10-17)13-18(15-26-23)16-7-3-1-4-8-16/h1-15H. The summed E-state index contributed by atoms with van der Waals surface area (Å²) in [5.41, 5.74) is 6.05. The number of benzene rings is 3. The average Bonchev–Trinajstić information content (AvgIpc) is 2.69. The molecule has 3 heteroatoms. The topological polar surface area (TPSA) is 12.9 Å². The second kappa shape index (κ2) is 7.33. The maximum Gasteiger partial charge on any atom is 0.0795 e. The van der Waals surface area contributed by atoms with Crippen molar-refractivity contribution in [3.63, 3.8) is 0 Å². The summed E-state index contributed by atoms with van der Waals surface area (Å²) in [5.74, 6) is 0. The van der Waals surface area contributed by atoms with Crippen molar-refractivity contribution >= 4 is 23.2 Å². The van der Waals surface area contributed by atoms with Crippen molar-refractivity contribution in [1.82, 2.24) is 4.98 Å². The van der Waals surface area contributed by atoms with Gasteiger partial charge in [-0.05, 0) is 35.4 Å². The second-order valence-electron chi connectivity index (χ2n) is 5.98. The van der Waals surface area contributed by atoms with Gasteiger partial charge >= 0.3 is 0 Å². The third kappa shape index (κ3) is 3.37. The largest absolute Gasteiger partial charge is 0.255 e. The van der Waals surface area contributed by atoms with E-state index in [0.29, 0.717) is 10.0 Å². The van der Waals surface area contributed by atoms with Gasteiger partial charge in [0.1, 0.15) is 0 Å². The molecule has 126 valence electrons. The zero-order valence-electron chi connectivity index (χ0n) is 13.9. The van der Waals surface area contributed by atoms with Gasteiger partial charge in [-0.3, -0.25) is 4.98 Å². The first-order chi connectivity index (χ1) is 12.7. The van der Waals surface area contributed by atoms with Crippen molar-refractivity contribution < 1.29 is 0 Å².